The Labute approximate surface area is 185 Å². The predicted octanol–water partition coefficient (Wildman–Crippen LogP) is 4.98. The van der Waals surface area contributed by atoms with E-state index < -0.39 is 0 Å². The maximum Gasteiger partial charge on any atom is 0.141 e. The monoisotopic (exact) mass is 418 g/mol. The summed E-state index contributed by atoms with van der Waals surface area (Å²) in [4.78, 5) is 12.6. The molecule has 0 unspecified atom stereocenters. The zero-order valence-corrected chi connectivity index (χ0v) is 18.5. The number of H-pyrrole nitrogens is 1. The van der Waals surface area contributed by atoms with Crippen LogP contribution in [0.15, 0.2) is 52.6 Å². The minimum Gasteiger partial charge on any atom is -0.390 e. The van der Waals surface area contributed by atoms with Gasteiger partial charge >= 0.3 is 0 Å². The number of aromatic amines is 1. The Balaban J connectivity index is 1.53. The normalized spacial score (nSPS) is 19.1. The number of piperidine rings is 1. The number of nitrogens with zero attached hydrogens (tertiary/aromatic N) is 2. The number of aromatic nitrogens is 1. The molecule has 0 aliphatic carbocycles. The van der Waals surface area contributed by atoms with Gasteiger partial charge in [0, 0.05) is 40.3 Å². The molecule has 0 saturated carbocycles. The van der Waals surface area contributed by atoms with Gasteiger partial charge in [-0.2, -0.15) is 0 Å². The maximum absolute atomic E-state index is 5.60. The van der Waals surface area contributed by atoms with Crippen molar-refractivity contribution in [2.75, 3.05) is 25.0 Å². The summed E-state index contributed by atoms with van der Waals surface area (Å²) >= 11 is 0. The minimum absolute atomic E-state index is 0.132. The van der Waals surface area contributed by atoms with Crippen molar-refractivity contribution in [3.63, 3.8) is 0 Å². The average Bonchev–Trinajstić information content (AvgIpc) is 3.01. The van der Waals surface area contributed by atoms with E-state index in [9.17, 15) is 0 Å². The third kappa shape index (κ3) is 4.90. The third-order valence-corrected chi connectivity index (χ3v) is 6.61. The van der Waals surface area contributed by atoms with Gasteiger partial charge in [-0.25, -0.2) is 4.99 Å². The molecule has 3 heterocycles. The Morgan fingerprint density at radius 3 is 2.71 bits per heavy atom. The van der Waals surface area contributed by atoms with E-state index in [0.717, 1.165) is 85.1 Å². The van der Waals surface area contributed by atoms with Crippen LogP contribution in [0.2, 0.25) is 0 Å². The number of anilines is 1. The highest BCUT2D eigenvalue weighted by Gasteiger charge is 2.29. The Hall–Kier alpha value is -2.86. The van der Waals surface area contributed by atoms with Crippen LogP contribution in [-0.4, -0.2) is 36.7 Å². The number of aliphatic imine (C=N–C) groups is 2. The summed E-state index contributed by atoms with van der Waals surface area (Å²) in [7, 11) is 0. The van der Waals surface area contributed by atoms with E-state index in [1.807, 2.05) is 0 Å². The van der Waals surface area contributed by atoms with Crippen molar-refractivity contribution < 1.29 is 0 Å². The second-order valence-electron chi connectivity index (χ2n) is 8.85. The highest BCUT2D eigenvalue weighted by atomic mass is 15.0. The van der Waals surface area contributed by atoms with Crippen molar-refractivity contribution in [1.29, 1.82) is 0 Å². The maximum atomic E-state index is 5.60. The number of nitrogens with one attached hydrogen (secondary N) is 3. The van der Waals surface area contributed by atoms with E-state index >= 15 is 0 Å². The van der Waals surface area contributed by atoms with Crippen molar-refractivity contribution in [3.8, 4) is 11.3 Å². The van der Waals surface area contributed by atoms with Crippen LogP contribution in [0.4, 0.5) is 11.5 Å². The van der Waals surface area contributed by atoms with Crippen molar-refractivity contribution >= 4 is 23.6 Å². The number of allylic oxidation sites excluding steroid dienone is 1. The highest BCUT2D eigenvalue weighted by molar-refractivity contribution is 6.05. The van der Waals surface area contributed by atoms with Gasteiger partial charge in [0.05, 0.1) is 6.34 Å². The molecule has 2 aromatic rings. The molecule has 1 aromatic heterocycles. The lowest BCUT2D eigenvalue weighted by atomic mass is 9.78. The van der Waals surface area contributed by atoms with Crippen molar-refractivity contribution in [1.82, 2.24) is 10.3 Å². The van der Waals surface area contributed by atoms with Gasteiger partial charge in [-0.3, -0.25) is 4.99 Å². The predicted molar refractivity (Wildman–Crippen MR) is 131 cm³/mol. The summed E-state index contributed by atoms with van der Waals surface area (Å²) < 4.78 is 0. The second-order valence-corrected chi connectivity index (χ2v) is 8.85. The van der Waals surface area contributed by atoms with Crippen molar-refractivity contribution in [2.45, 2.75) is 45.4 Å². The lowest BCUT2D eigenvalue weighted by Crippen LogP contribution is -2.37. The van der Waals surface area contributed by atoms with Crippen molar-refractivity contribution in [3.05, 3.63) is 48.2 Å². The summed E-state index contributed by atoms with van der Waals surface area (Å²) in [6, 6.07) is 10.6. The standard InChI is InChI=1S/C25H34N6/c1-18(25(2)11-14-27-15-12-25)30-20-9-7-19(8-10-20)23-16-21(24(31-23)29-17-26)22-6-4-3-5-13-28-22/h7-10,16-17,27,30-31H,1,3-6,11-15H2,2H3,(H2,26,29). The molecule has 1 saturated heterocycles. The highest BCUT2D eigenvalue weighted by Crippen LogP contribution is 2.36. The molecule has 5 N–H and O–H groups in total. The number of nitrogens with two attached hydrogens (primary N) is 1. The van der Waals surface area contributed by atoms with Gasteiger partial charge in [-0.05, 0) is 69.0 Å². The van der Waals surface area contributed by atoms with Crippen LogP contribution in [0.25, 0.3) is 11.3 Å². The zero-order chi connectivity index (χ0) is 21.7. The molecule has 1 fully saturated rings. The largest absolute Gasteiger partial charge is 0.390 e. The summed E-state index contributed by atoms with van der Waals surface area (Å²) in [5.41, 5.74) is 12.2. The van der Waals surface area contributed by atoms with Crippen LogP contribution >= 0.6 is 0 Å². The first-order valence-corrected chi connectivity index (χ1v) is 11.4. The van der Waals surface area contributed by atoms with Crippen LogP contribution in [-0.2, 0) is 0 Å². The second kappa shape index (κ2) is 9.52. The van der Waals surface area contributed by atoms with E-state index in [4.69, 9.17) is 10.7 Å². The molecule has 164 valence electrons. The van der Waals surface area contributed by atoms with E-state index in [2.05, 4.69) is 64.4 Å². The fraction of sp³-hybridized carbons (Fsp3) is 0.440. The molecule has 6 nitrogen and oxygen atoms in total. The Morgan fingerprint density at radius 1 is 1.19 bits per heavy atom. The summed E-state index contributed by atoms with van der Waals surface area (Å²) in [5, 5.41) is 6.96. The molecular weight excluding hydrogens is 384 g/mol. The topological polar surface area (TPSA) is 90.6 Å². The number of rotatable bonds is 6. The minimum atomic E-state index is 0.132. The first-order chi connectivity index (χ1) is 15.1. The molecule has 2 aliphatic rings. The average molecular weight is 419 g/mol. The summed E-state index contributed by atoms with van der Waals surface area (Å²) in [5.74, 6) is 0.785. The van der Waals surface area contributed by atoms with Crippen LogP contribution in [0.5, 0.6) is 0 Å². The Kier molecular flexibility index (Phi) is 6.56. The Morgan fingerprint density at radius 2 is 1.97 bits per heavy atom. The first kappa shape index (κ1) is 21.4. The van der Waals surface area contributed by atoms with Gasteiger partial charge < -0.3 is 21.4 Å². The number of hydrogen-bond donors (Lipinski definition) is 4. The molecule has 0 radical (unpaired) electrons. The molecular formula is C25H34N6. The molecule has 2 aliphatic heterocycles. The van der Waals surface area contributed by atoms with Gasteiger partial charge in [0.2, 0.25) is 0 Å². The number of hydrogen-bond acceptors (Lipinski definition) is 4. The number of benzene rings is 1. The SMILES string of the molecule is C=C(Nc1ccc(-c2cc(C3=NCCCCC3)c(/N=C\N)[nH]2)cc1)C1(C)CCNCC1. The molecule has 31 heavy (non-hydrogen) atoms. The zero-order valence-electron chi connectivity index (χ0n) is 18.5. The quantitative estimate of drug-likeness (QED) is 0.394. The summed E-state index contributed by atoms with van der Waals surface area (Å²) in [6.45, 7) is 9.62. The fourth-order valence-electron chi connectivity index (χ4n) is 4.43. The lowest BCUT2D eigenvalue weighted by molar-refractivity contribution is 0.285. The first-order valence-electron chi connectivity index (χ1n) is 11.4. The van der Waals surface area contributed by atoms with Crippen LogP contribution in [0, 0.1) is 5.41 Å². The van der Waals surface area contributed by atoms with Gasteiger partial charge in [-0.15, -0.1) is 0 Å². The Bertz CT molecular complexity index is 960. The molecule has 0 atom stereocenters. The van der Waals surface area contributed by atoms with Gasteiger partial charge in [-0.1, -0.05) is 32.1 Å². The third-order valence-electron chi connectivity index (χ3n) is 6.61. The van der Waals surface area contributed by atoms with E-state index in [-0.39, 0.29) is 5.41 Å². The van der Waals surface area contributed by atoms with Gasteiger partial charge in [0.1, 0.15) is 5.82 Å². The van der Waals surface area contributed by atoms with Crippen molar-refractivity contribution in [2.24, 2.45) is 21.1 Å². The molecule has 0 amide bonds. The molecule has 4 rings (SSSR count). The summed E-state index contributed by atoms with van der Waals surface area (Å²) in [6.07, 6.45) is 8.11. The van der Waals surface area contributed by atoms with E-state index in [0.29, 0.717) is 0 Å². The molecule has 1 aromatic carbocycles. The van der Waals surface area contributed by atoms with Gasteiger partial charge in [0.15, 0.2) is 0 Å². The van der Waals surface area contributed by atoms with Crippen LogP contribution in [0.3, 0.4) is 0 Å². The fourth-order valence-corrected chi connectivity index (χ4v) is 4.43. The van der Waals surface area contributed by atoms with E-state index in [1.54, 1.807) is 0 Å². The van der Waals surface area contributed by atoms with Crippen LogP contribution < -0.4 is 16.4 Å². The molecule has 0 spiro atoms. The molecule has 0 bridgehead atoms. The van der Waals surface area contributed by atoms with E-state index in [1.165, 1.54) is 19.2 Å². The smallest absolute Gasteiger partial charge is 0.141 e. The molecule has 6 heteroatoms. The lowest BCUT2D eigenvalue weighted by Gasteiger charge is -2.36. The van der Waals surface area contributed by atoms with Crippen LogP contribution in [0.1, 0.15) is 51.0 Å². The van der Waals surface area contributed by atoms with Gasteiger partial charge in [0.25, 0.3) is 0 Å².